The van der Waals surface area contributed by atoms with E-state index >= 15 is 0 Å². The van der Waals surface area contributed by atoms with Crippen molar-refractivity contribution in [3.63, 3.8) is 0 Å². The van der Waals surface area contributed by atoms with Gasteiger partial charge in [0.15, 0.2) is 0 Å². The van der Waals surface area contributed by atoms with Gasteiger partial charge in [-0.25, -0.2) is 0 Å². The molecular formula is C23H31Cl4NO4. The van der Waals surface area contributed by atoms with Gasteiger partial charge < -0.3 is 19.0 Å². The van der Waals surface area contributed by atoms with Crippen LogP contribution in [0.25, 0.3) is 0 Å². The highest BCUT2D eigenvalue weighted by atomic mass is 35.5. The molecule has 1 aromatic rings. The number of hydrogen-bond acceptors (Lipinski definition) is 5. The lowest BCUT2D eigenvalue weighted by Crippen LogP contribution is -2.08. The number of halogens is 4. The zero-order chi connectivity index (χ0) is 23.8. The van der Waals surface area contributed by atoms with E-state index < -0.39 is 0 Å². The van der Waals surface area contributed by atoms with Crippen molar-refractivity contribution in [3.8, 4) is 11.5 Å². The standard InChI is InChI=1S/C23H31Cl4NO4/c1-4-18-14-20(30-12-8-21(24)25)15-19(5-2)23(18)31-11-7-6-10-29-16-17(3)28-32-13-9-22(26)27/h8-9,14-15H,4-7,10-13,16H2,1-3H3. The van der Waals surface area contributed by atoms with Crippen LogP contribution in [0.4, 0.5) is 0 Å². The van der Waals surface area contributed by atoms with Crippen LogP contribution in [0.15, 0.2) is 38.4 Å². The van der Waals surface area contributed by atoms with Crippen molar-refractivity contribution >= 4 is 52.1 Å². The Bertz CT molecular complexity index is 748. The summed E-state index contributed by atoms with van der Waals surface area (Å²) in [7, 11) is 0. The summed E-state index contributed by atoms with van der Waals surface area (Å²) < 4.78 is 17.8. The van der Waals surface area contributed by atoms with Gasteiger partial charge in [0, 0.05) is 6.61 Å². The fourth-order valence-electron chi connectivity index (χ4n) is 2.69. The Balaban J connectivity index is 2.41. The predicted octanol–water partition coefficient (Wildman–Crippen LogP) is 7.40. The van der Waals surface area contributed by atoms with Gasteiger partial charge in [-0.3, -0.25) is 0 Å². The van der Waals surface area contributed by atoms with Crippen LogP contribution in [-0.4, -0.2) is 38.7 Å². The minimum absolute atomic E-state index is 0.155. The van der Waals surface area contributed by atoms with Crippen LogP contribution >= 0.6 is 46.4 Å². The Morgan fingerprint density at radius 3 is 2.06 bits per heavy atom. The van der Waals surface area contributed by atoms with Crippen LogP contribution < -0.4 is 9.47 Å². The van der Waals surface area contributed by atoms with Gasteiger partial charge in [-0.1, -0.05) is 65.4 Å². The lowest BCUT2D eigenvalue weighted by atomic mass is 10.0. The number of benzene rings is 1. The van der Waals surface area contributed by atoms with Crippen molar-refractivity contribution in [2.24, 2.45) is 5.16 Å². The summed E-state index contributed by atoms with van der Waals surface area (Å²) in [5.41, 5.74) is 2.98. The van der Waals surface area contributed by atoms with E-state index in [0.29, 0.717) is 26.4 Å². The van der Waals surface area contributed by atoms with E-state index in [9.17, 15) is 0 Å². The predicted molar refractivity (Wildman–Crippen MR) is 135 cm³/mol. The zero-order valence-corrected chi connectivity index (χ0v) is 21.8. The molecule has 9 heteroatoms. The van der Waals surface area contributed by atoms with Crippen LogP contribution in [0.1, 0.15) is 44.7 Å². The molecule has 0 amide bonds. The molecule has 5 nitrogen and oxygen atoms in total. The molecule has 0 atom stereocenters. The average Bonchev–Trinajstić information content (AvgIpc) is 2.75. The second kappa shape index (κ2) is 17.4. The van der Waals surface area contributed by atoms with Gasteiger partial charge >= 0.3 is 0 Å². The number of aryl methyl sites for hydroxylation is 2. The van der Waals surface area contributed by atoms with E-state index in [4.69, 9.17) is 65.5 Å². The van der Waals surface area contributed by atoms with Gasteiger partial charge in [-0.15, -0.1) is 0 Å². The average molecular weight is 527 g/mol. The van der Waals surface area contributed by atoms with E-state index in [2.05, 4.69) is 19.0 Å². The molecule has 0 radical (unpaired) electrons. The number of ether oxygens (including phenoxy) is 3. The molecular weight excluding hydrogens is 496 g/mol. The monoisotopic (exact) mass is 525 g/mol. The summed E-state index contributed by atoms with van der Waals surface area (Å²) in [6, 6.07) is 4.02. The first kappa shape index (κ1) is 28.9. The SMILES string of the molecule is CCc1cc(OCC=C(Cl)Cl)cc(CC)c1OCCCCOCC(C)=NOCC=C(Cl)Cl. The van der Waals surface area contributed by atoms with E-state index in [1.165, 1.54) is 6.08 Å². The number of oxime groups is 1. The van der Waals surface area contributed by atoms with E-state index in [1.807, 2.05) is 19.1 Å². The first-order valence-electron chi connectivity index (χ1n) is 10.5. The minimum atomic E-state index is 0.155. The highest BCUT2D eigenvalue weighted by Crippen LogP contribution is 2.31. The zero-order valence-electron chi connectivity index (χ0n) is 18.8. The van der Waals surface area contributed by atoms with Crippen LogP contribution in [0.3, 0.4) is 0 Å². The molecule has 32 heavy (non-hydrogen) atoms. The number of rotatable bonds is 16. The minimum Gasteiger partial charge on any atom is -0.493 e. The molecule has 1 aromatic carbocycles. The maximum absolute atomic E-state index is 6.12. The normalized spacial score (nSPS) is 11.2. The van der Waals surface area contributed by atoms with Gasteiger partial charge in [-0.2, -0.15) is 0 Å². The molecule has 1 rings (SSSR count). The molecule has 0 spiro atoms. The van der Waals surface area contributed by atoms with Gasteiger partial charge in [0.05, 0.1) is 18.9 Å². The fourth-order valence-corrected chi connectivity index (χ4v) is 2.94. The molecule has 0 bridgehead atoms. The first-order valence-corrected chi connectivity index (χ1v) is 12.0. The number of unbranched alkanes of at least 4 members (excludes halogenated alkanes) is 1. The molecule has 0 aliphatic rings. The van der Waals surface area contributed by atoms with Crippen LogP contribution in [-0.2, 0) is 22.4 Å². The molecule has 0 aliphatic heterocycles. The van der Waals surface area contributed by atoms with Crippen LogP contribution in [0, 0.1) is 0 Å². The van der Waals surface area contributed by atoms with Crippen molar-refractivity contribution in [2.45, 2.75) is 46.5 Å². The van der Waals surface area contributed by atoms with Gasteiger partial charge in [-0.05, 0) is 68.0 Å². The van der Waals surface area contributed by atoms with Gasteiger partial charge in [0.25, 0.3) is 0 Å². The summed E-state index contributed by atoms with van der Waals surface area (Å²) in [5, 5.41) is 3.92. The second-order valence-corrected chi connectivity index (χ2v) is 8.82. The Morgan fingerprint density at radius 2 is 1.47 bits per heavy atom. The summed E-state index contributed by atoms with van der Waals surface area (Å²) in [4.78, 5) is 5.05. The fraction of sp³-hybridized carbons (Fsp3) is 0.522. The quantitative estimate of drug-likeness (QED) is 0.128. The van der Waals surface area contributed by atoms with Gasteiger partial charge in [0.1, 0.15) is 33.7 Å². The third-order valence-electron chi connectivity index (χ3n) is 4.24. The van der Waals surface area contributed by atoms with Gasteiger partial charge in [0.2, 0.25) is 0 Å². The summed E-state index contributed by atoms with van der Waals surface area (Å²) >= 11 is 22.3. The Hall–Kier alpha value is -1.11. The smallest absolute Gasteiger partial charge is 0.138 e. The molecule has 180 valence electrons. The lowest BCUT2D eigenvalue weighted by molar-refractivity contribution is 0.146. The van der Waals surface area contributed by atoms with Crippen molar-refractivity contribution in [3.05, 3.63) is 44.4 Å². The Kier molecular flexibility index (Phi) is 15.7. The highest BCUT2D eigenvalue weighted by Gasteiger charge is 2.11. The first-order chi connectivity index (χ1) is 15.4. The molecule has 0 heterocycles. The molecule has 0 aliphatic carbocycles. The Labute approximate surface area is 211 Å². The van der Waals surface area contributed by atoms with Crippen LogP contribution in [0.5, 0.6) is 11.5 Å². The third kappa shape index (κ3) is 12.8. The van der Waals surface area contributed by atoms with E-state index in [-0.39, 0.29) is 15.6 Å². The van der Waals surface area contributed by atoms with Crippen molar-refractivity contribution < 1.29 is 19.0 Å². The summed E-state index contributed by atoms with van der Waals surface area (Å²) in [5.74, 6) is 1.73. The highest BCUT2D eigenvalue weighted by molar-refractivity contribution is 6.56. The summed E-state index contributed by atoms with van der Waals surface area (Å²) in [6.45, 7) is 8.23. The second-order valence-electron chi connectivity index (χ2n) is 6.81. The largest absolute Gasteiger partial charge is 0.493 e. The maximum atomic E-state index is 6.12. The number of nitrogens with zero attached hydrogens (tertiary/aromatic N) is 1. The summed E-state index contributed by atoms with van der Waals surface area (Å²) in [6.07, 6.45) is 6.60. The van der Waals surface area contributed by atoms with Crippen molar-refractivity contribution in [2.75, 3.05) is 33.0 Å². The third-order valence-corrected chi connectivity index (χ3v) is 4.86. The molecule has 0 saturated heterocycles. The maximum Gasteiger partial charge on any atom is 0.138 e. The molecule has 0 fully saturated rings. The molecule has 0 aromatic heterocycles. The number of hydrogen-bond donors (Lipinski definition) is 0. The molecule has 0 unspecified atom stereocenters. The molecule has 0 N–H and O–H groups in total. The van der Waals surface area contributed by atoms with Crippen molar-refractivity contribution in [1.29, 1.82) is 0 Å². The van der Waals surface area contributed by atoms with E-state index in [1.54, 1.807) is 6.08 Å². The van der Waals surface area contributed by atoms with E-state index in [0.717, 1.165) is 54.0 Å². The lowest BCUT2D eigenvalue weighted by Gasteiger charge is -2.17. The molecule has 0 saturated carbocycles. The topological polar surface area (TPSA) is 49.3 Å². The van der Waals surface area contributed by atoms with Crippen LogP contribution in [0.2, 0.25) is 0 Å². The Morgan fingerprint density at radius 1 is 0.875 bits per heavy atom. The van der Waals surface area contributed by atoms with Crippen molar-refractivity contribution in [1.82, 2.24) is 0 Å².